The smallest absolute Gasteiger partial charge is 0.307 e. The van der Waals surface area contributed by atoms with E-state index in [2.05, 4.69) is 11.4 Å². The molecule has 5 nitrogen and oxygen atoms in total. The lowest BCUT2D eigenvalue weighted by molar-refractivity contribution is -0.153. The Morgan fingerprint density at radius 2 is 1.96 bits per heavy atom. The number of ether oxygens (including phenoxy) is 1. The fraction of sp³-hybridized carbons (Fsp3) is 0.389. The largest absolute Gasteiger partial charge is 0.453 e. The average molecular weight is 315 g/mol. The molecule has 0 unspecified atom stereocenters. The van der Waals surface area contributed by atoms with E-state index >= 15 is 0 Å². The highest BCUT2D eigenvalue weighted by atomic mass is 16.5. The molecule has 0 spiro atoms. The molecule has 0 heterocycles. The number of hydrogen-bond acceptors (Lipinski definition) is 4. The van der Waals surface area contributed by atoms with Crippen molar-refractivity contribution in [3.05, 3.63) is 42.0 Å². The van der Waals surface area contributed by atoms with Gasteiger partial charge < -0.3 is 10.1 Å². The highest BCUT2D eigenvalue weighted by Crippen LogP contribution is 2.21. The molecule has 0 saturated heterocycles. The van der Waals surface area contributed by atoms with E-state index in [9.17, 15) is 14.4 Å². The van der Waals surface area contributed by atoms with Crippen LogP contribution in [0, 0.1) is 5.92 Å². The standard InChI is InChI=1S/C18H21NO4/c1-12(20)15-7-9-16(10-8-15)19-18(22)13(2)23-17(21)11-14-5-3-4-6-14/h3,5,7-10,13-14H,4,6,11H2,1-2H3,(H,19,22)/t13-,14+/m1/s1. The van der Waals surface area contributed by atoms with Gasteiger partial charge in [-0.3, -0.25) is 14.4 Å². The fourth-order valence-corrected chi connectivity index (χ4v) is 2.41. The van der Waals surface area contributed by atoms with Crippen LogP contribution in [0.4, 0.5) is 5.69 Å². The summed E-state index contributed by atoms with van der Waals surface area (Å²) in [4.78, 5) is 35.0. The highest BCUT2D eigenvalue weighted by molar-refractivity contribution is 5.97. The van der Waals surface area contributed by atoms with Crippen LogP contribution >= 0.6 is 0 Å². The van der Waals surface area contributed by atoms with E-state index < -0.39 is 12.0 Å². The molecule has 0 saturated carbocycles. The maximum Gasteiger partial charge on any atom is 0.307 e. The molecular formula is C18H21NO4. The Morgan fingerprint density at radius 3 is 2.52 bits per heavy atom. The molecule has 0 bridgehead atoms. The number of rotatable bonds is 6. The lowest BCUT2D eigenvalue weighted by atomic mass is 10.1. The Labute approximate surface area is 135 Å². The number of allylic oxidation sites excluding steroid dienone is 2. The minimum atomic E-state index is -0.861. The van der Waals surface area contributed by atoms with Gasteiger partial charge in [0.05, 0.1) is 6.42 Å². The number of Topliss-reactive ketones (excluding diaryl/α,β-unsaturated/α-hetero) is 1. The van der Waals surface area contributed by atoms with E-state index in [1.807, 2.05) is 6.08 Å². The van der Waals surface area contributed by atoms with Crippen LogP contribution < -0.4 is 5.32 Å². The lowest BCUT2D eigenvalue weighted by Crippen LogP contribution is -2.30. The molecule has 0 radical (unpaired) electrons. The van der Waals surface area contributed by atoms with Gasteiger partial charge in [0.25, 0.3) is 5.91 Å². The predicted molar refractivity (Wildman–Crippen MR) is 87.1 cm³/mol. The maximum atomic E-state index is 12.0. The number of esters is 1. The van der Waals surface area contributed by atoms with E-state index in [0.29, 0.717) is 17.7 Å². The number of carbonyl (C=O) groups excluding carboxylic acids is 3. The minimum Gasteiger partial charge on any atom is -0.453 e. The van der Waals surface area contributed by atoms with E-state index in [1.54, 1.807) is 31.2 Å². The molecule has 2 atom stereocenters. The van der Waals surface area contributed by atoms with Gasteiger partial charge in [0, 0.05) is 11.3 Å². The van der Waals surface area contributed by atoms with Crippen LogP contribution in [0.15, 0.2) is 36.4 Å². The van der Waals surface area contributed by atoms with Gasteiger partial charge in [0.15, 0.2) is 11.9 Å². The molecule has 1 aliphatic carbocycles. The summed E-state index contributed by atoms with van der Waals surface area (Å²) in [6.45, 7) is 3.02. The molecule has 1 amide bonds. The number of ketones is 1. The van der Waals surface area contributed by atoms with Crippen LogP contribution in [0.3, 0.4) is 0 Å². The number of carbonyl (C=O) groups is 3. The summed E-state index contributed by atoms with van der Waals surface area (Å²) in [6, 6.07) is 6.57. The molecule has 0 aliphatic heterocycles. The third-order valence-electron chi connectivity index (χ3n) is 3.78. The van der Waals surface area contributed by atoms with Crippen LogP contribution in [-0.2, 0) is 14.3 Å². The Bertz CT molecular complexity index is 618. The molecule has 5 heteroatoms. The van der Waals surface area contributed by atoms with E-state index in [0.717, 1.165) is 12.8 Å². The highest BCUT2D eigenvalue weighted by Gasteiger charge is 2.21. The first-order valence-corrected chi connectivity index (χ1v) is 7.73. The maximum absolute atomic E-state index is 12.0. The van der Waals surface area contributed by atoms with Crippen molar-refractivity contribution in [3.8, 4) is 0 Å². The Hall–Kier alpha value is -2.43. The molecule has 122 valence electrons. The fourth-order valence-electron chi connectivity index (χ4n) is 2.41. The topological polar surface area (TPSA) is 72.5 Å². The Kier molecular flexibility index (Phi) is 5.68. The van der Waals surface area contributed by atoms with Gasteiger partial charge in [-0.05, 0) is 56.9 Å². The molecule has 1 N–H and O–H groups in total. The normalized spacial score (nSPS) is 17.6. The van der Waals surface area contributed by atoms with Crippen LogP contribution in [0.1, 0.15) is 43.5 Å². The van der Waals surface area contributed by atoms with Crippen LogP contribution in [-0.4, -0.2) is 23.8 Å². The van der Waals surface area contributed by atoms with E-state index in [-0.39, 0.29) is 17.7 Å². The van der Waals surface area contributed by atoms with Crippen LogP contribution in [0.25, 0.3) is 0 Å². The Morgan fingerprint density at radius 1 is 1.26 bits per heavy atom. The molecule has 0 fully saturated rings. The molecular weight excluding hydrogens is 294 g/mol. The summed E-state index contributed by atoms with van der Waals surface area (Å²) in [7, 11) is 0. The first-order chi connectivity index (χ1) is 11.0. The summed E-state index contributed by atoms with van der Waals surface area (Å²) in [5.41, 5.74) is 1.13. The van der Waals surface area contributed by atoms with Gasteiger partial charge in [-0.15, -0.1) is 0 Å². The number of hydrogen-bond donors (Lipinski definition) is 1. The number of benzene rings is 1. The van der Waals surface area contributed by atoms with Crippen molar-refractivity contribution in [1.29, 1.82) is 0 Å². The monoisotopic (exact) mass is 315 g/mol. The first kappa shape index (κ1) is 16.9. The SMILES string of the molecule is CC(=O)c1ccc(NC(=O)[C@@H](C)OC(=O)C[C@H]2C=CCC2)cc1. The van der Waals surface area contributed by atoms with Gasteiger partial charge in [-0.1, -0.05) is 12.2 Å². The van der Waals surface area contributed by atoms with Crippen molar-refractivity contribution >= 4 is 23.3 Å². The van der Waals surface area contributed by atoms with Gasteiger partial charge in [0.2, 0.25) is 0 Å². The summed E-state index contributed by atoms with van der Waals surface area (Å²) in [5, 5.41) is 2.67. The molecule has 0 aromatic heterocycles. The molecule has 1 aromatic carbocycles. The average Bonchev–Trinajstić information content (AvgIpc) is 3.00. The second-order valence-corrected chi connectivity index (χ2v) is 5.72. The molecule has 23 heavy (non-hydrogen) atoms. The summed E-state index contributed by atoms with van der Waals surface area (Å²) in [6.07, 6.45) is 5.46. The van der Waals surface area contributed by atoms with E-state index in [1.165, 1.54) is 6.92 Å². The predicted octanol–water partition coefficient (Wildman–Crippen LogP) is 3.12. The third kappa shape index (κ3) is 5.06. The molecule has 1 aliphatic rings. The van der Waals surface area contributed by atoms with Crippen molar-refractivity contribution in [1.82, 2.24) is 0 Å². The van der Waals surface area contributed by atoms with Crippen LogP contribution in [0.5, 0.6) is 0 Å². The molecule has 2 rings (SSSR count). The Balaban J connectivity index is 1.83. The zero-order chi connectivity index (χ0) is 16.8. The zero-order valence-corrected chi connectivity index (χ0v) is 13.4. The number of anilines is 1. The second kappa shape index (κ2) is 7.72. The second-order valence-electron chi connectivity index (χ2n) is 5.72. The van der Waals surface area contributed by atoms with Crippen molar-refractivity contribution in [3.63, 3.8) is 0 Å². The summed E-state index contributed by atoms with van der Waals surface area (Å²) in [5.74, 6) is -0.574. The van der Waals surface area contributed by atoms with Gasteiger partial charge in [-0.2, -0.15) is 0 Å². The van der Waals surface area contributed by atoms with Gasteiger partial charge in [-0.25, -0.2) is 0 Å². The van der Waals surface area contributed by atoms with Crippen molar-refractivity contribution < 1.29 is 19.1 Å². The third-order valence-corrected chi connectivity index (χ3v) is 3.78. The quantitative estimate of drug-likeness (QED) is 0.497. The summed E-state index contributed by atoms with van der Waals surface area (Å²) < 4.78 is 5.17. The van der Waals surface area contributed by atoms with Crippen molar-refractivity contribution in [2.75, 3.05) is 5.32 Å². The van der Waals surface area contributed by atoms with Gasteiger partial charge >= 0.3 is 5.97 Å². The first-order valence-electron chi connectivity index (χ1n) is 7.73. The van der Waals surface area contributed by atoms with Crippen molar-refractivity contribution in [2.24, 2.45) is 5.92 Å². The lowest BCUT2D eigenvalue weighted by Gasteiger charge is -2.15. The summed E-state index contributed by atoms with van der Waals surface area (Å²) >= 11 is 0. The number of nitrogens with one attached hydrogen (secondary N) is 1. The van der Waals surface area contributed by atoms with Crippen LogP contribution in [0.2, 0.25) is 0 Å². The van der Waals surface area contributed by atoms with Gasteiger partial charge in [0.1, 0.15) is 0 Å². The zero-order valence-electron chi connectivity index (χ0n) is 13.4. The van der Waals surface area contributed by atoms with Crippen molar-refractivity contribution in [2.45, 2.75) is 39.2 Å². The number of amides is 1. The van der Waals surface area contributed by atoms with E-state index in [4.69, 9.17) is 4.74 Å². The minimum absolute atomic E-state index is 0.0360. The molecule has 1 aromatic rings.